The number of carbonyl (C=O) groups is 1. The van der Waals surface area contributed by atoms with Crippen LogP contribution in [0, 0.1) is 25.7 Å². The molecule has 1 aromatic carbocycles. The summed E-state index contributed by atoms with van der Waals surface area (Å²) in [6.07, 6.45) is 0. The SMILES string of the molecule is CC(=O)N1C[C@H]2CN(Cc3scnc3C)C[C@H]2[C@@H]1c1ccccc1C. The molecule has 0 bridgehead atoms. The Hall–Kier alpha value is -1.72. The Morgan fingerprint density at radius 3 is 2.72 bits per heavy atom. The van der Waals surface area contributed by atoms with Crippen LogP contribution in [0.3, 0.4) is 0 Å². The van der Waals surface area contributed by atoms with Gasteiger partial charge in [0.1, 0.15) is 0 Å². The van der Waals surface area contributed by atoms with Crippen LogP contribution in [0.2, 0.25) is 0 Å². The first-order valence-electron chi connectivity index (χ1n) is 8.98. The lowest BCUT2D eigenvalue weighted by Gasteiger charge is -2.30. The number of rotatable bonds is 3. The van der Waals surface area contributed by atoms with Crippen LogP contribution in [0.15, 0.2) is 29.8 Å². The van der Waals surface area contributed by atoms with Crippen molar-refractivity contribution in [3.8, 4) is 0 Å². The number of amides is 1. The summed E-state index contributed by atoms with van der Waals surface area (Å²) < 4.78 is 0. The van der Waals surface area contributed by atoms with Gasteiger partial charge in [0.05, 0.1) is 17.2 Å². The Bertz CT molecular complexity index is 787. The fourth-order valence-corrected chi connectivity index (χ4v) is 5.41. The maximum atomic E-state index is 12.3. The lowest BCUT2D eigenvalue weighted by atomic mass is 9.87. The first-order valence-corrected chi connectivity index (χ1v) is 9.86. The fourth-order valence-electron chi connectivity index (χ4n) is 4.59. The number of aromatic nitrogens is 1. The number of aryl methyl sites for hydroxylation is 2. The molecule has 0 saturated carbocycles. The average Bonchev–Trinajstić information content (AvgIpc) is 3.23. The van der Waals surface area contributed by atoms with Crippen LogP contribution in [0.4, 0.5) is 0 Å². The highest BCUT2D eigenvalue weighted by Crippen LogP contribution is 2.46. The molecule has 2 aromatic rings. The van der Waals surface area contributed by atoms with Gasteiger partial charge in [-0.1, -0.05) is 24.3 Å². The number of hydrogen-bond acceptors (Lipinski definition) is 4. The van der Waals surface area contributed by atoms with Crippen molar-refractivity contribution < 1.29 is 4.79 Å². The van der Waals surface area contributed by atoms with Crippen LogP contribution in [-0.4, -0.2) is 40.3 Å². The zero-order chi connectivity index (χ0) is 17.6. The van der Waals surface area contributed by atoms with E-state index in [1.165, 1.54) is 16.0 Å². The minimum atomic E-state index is 0.201. The van der Waals surface area contributed by atoms with Crippen molar-refractivity contribution >= 4 is 17.2 Å². The van der Waals surface area contributed by atoms with Crippen molar-refractivity contribution in [2.45, 2.75) is 33.4 Å². The lowest BCUT2D eigenvalue weighted by molar-refractivity contribution is -0.130. The number of hydrogen-bond donors (Lipinski definition) is 0. The van der Waals surface area contributed by atoms with Gasteiger partial charge < -0.3 is 4.90 Å². The fraction of sp³-hybridized carbons (Fsp3) is 0.500. The molecule has 0 aliphatic carbocycles. The molecule has 4 rings (SSSR count). The van der Waals surface area contributed by atoms with Gasteiger partial charge in [0.2, 0.25) is 5.91 Å². The van der Waals surface area contributed by atoms with Gasteiger partial charge >= 0.3 is 0 Å². The van der Waals surface area contributed by atoms with E-state index in [1.54, 1.807) is 18.3 Å². The zero-order valence-corrected chi connectivity index (χ0v) is 15.9. The Balaban J connectivity index is 1.58. The summed E-state index contributed by atoms with van der Waals surface area (Å²) in [4.78, 5) is 22.7. The quantitative estimate of drug-likeness (QED) is 0.846. The molecule has 1 aromatic heterocycles. The van der Waals surface area contributed by atoms with E-state index in [1.807, 2.05) is 5.51 Å². The van der Waals surface area contributed by atoms with Crippen molar-refractivity contribution in [1.82, 2.24) is 14.8 Å². The molecule has 25 heavy (non-hydrogen) atoms. The maximum absolute atomic E-state index is 12.3. The molecule has 3 atom stereocenters. The summed E-state index contributed by atoms with van der Waals surface area (Å²) in [5, 5.41) is 0. The molecule has 1 amide bonds. The van der Waals surface area contributed by atoms with Crippen LogP contribution in [0.5, 0.6) is 0 Å². The van der Waals surface area contributed by atoms with Gasteiger partial charge in [-0.05, 0) is 30.9 Å². The predicted octanol–water partition coefficient (Wildman–Crippen LogP) is 3.41. The van der Waals surface area contributed by atoms with Crippen LogP contribution in [0.25, 0.3) is 0 Å². The Kier molecular flexibility index (Phi) is 4.38. The average molecular weight is 356 g/mol. The summed E-state index contributed by atoms with van der Waals surface area (Å²) >= 11 is 1.75. The summed E-state index contributed by atoms with van der Waals surface area (Å²) in [7, 11) is 0. The van der Waals surface area contributed by atoms with E-state index in [4.69, 9.17) is 0 Å². The minimum Gasteiger partial charge on any atom is -0.335 e. The van der Waals surface area contributed by atoms with Gasteiger partial charge in [0, 0.05) is 43.9 Å². The second kappa shape index (κ2) is 6.54. The van der Waals surface area contributed by atoms with Gasteiger partial charge in [-0.2, -0.15) is 0 Å². The van der Waals surface area contributed by atoms with Crippen LogP contribution in [0.1, 0.15) is 34.7 Å². The highest BCUT2D eigenvalue weighted by Gasteiger charge is 2.48. The summed E-state index contributed by atoms with van der Waals surface area (Å²) in [5.74, 6) is 1.30. The summed E-state index contributed by atoms with van der Waals surface area (Å²) in [5.41, 5.74) is 5.70. The second-order valence-corrected chi connectivity index (χ2v) is 8.39. The molecule has 0 radical (unpaired) electrons. The van der Waals surface area contributed by atoms with Crippen LogP contribution < -0.4 is 0 Å². The third kappa shape index (κ3) is 3.00. The van der Waals surface area contributed by atoms with Crippen LogP contribution >= 0.6 is 11.3 Å². The molecular formula is C20H25N3OS. The Morgan fingerprint density at radius 2 is 2.04 bits per heavy atom. The molecule has 0 spiro atoms. The van der Waals surface area contributed by atoms with Gasteiger partial charge in [-0.15, -0.1) is 11.3 Å². The van der Waals surface area contributed by atoms with E-state index < -0.39 is 0 Å². The number of fused-ring (bicyclic) bond motifs is 1. The molecule has 5 heteroatoms. The van der Waals surface area contributed by atoms with E-state index in [-0.39, 0.29) is 11.9 Å². The number of carbonyl (C=O) groups excluding carboxylic acids is 1. The Morgan fingerprint density at radius 1 is 1.24 bits per heavy atom. The van der Waals surface area contributed by atoms with E-state index in [0.29, 0.717) is 11.8 Å². The zero-order valence-electron chi connectivity index (χ0n) is 15.1. The Labute approximate surface area is 153 Å². The standard InChI is InChI=1S/C20H25N3OS/c1-13-6-4-5-7-17(13)20-18-10-22(11-19-14(2)21-12-25-19)8-16(18)9-23(20)15(3)24/h4-7,12,16,18,20H,8-11H2,1-3H3/t16-,18-,20+/m1/s1. The highest BCUT2D eigenvalue weighted by molar-refractivity contribution is 7.09. The monoisotopic (exact) mass is 355 g/mol. The third-order valence-corrected chi connectivity index (χ3v) is 6.78. The molecular weight excluding hydrogens is 330 g/mol. The molecule has 2 aliphatic rings. The molecule has 0 unspecified atom stereocenters. The smallest absolute Gasteiger partial charge is 0.219 e. The molecule has 2 fully saturated rings. The second-order valence-electron chi connectivity index (χ2n) is 7.45. The van der Waals surface area contributed by atoms with Gasteiger partial charge in [-0.3, -0.25) is 9.69 Å². The molecule has 0 N–H and O–H groups in total. The van der Waals surface area contributed by atoms with Crippen LogP contribution in [-0.2, 0) is 11.3 Å². The summed E-state index contributed by atoms with van der Waals surface area (Å²) in [6.45, 7) is 9.98. The van der Waals surface area contributed by atoms with Crippen molar-refractivity contribution in [1.29, 1.82) is 0 Å². The largest absolute Gasteiger partial charge is 0.335 e. The topological polar surface area (TPSA) is 36.4 Å². The molecule has 2 saturated heterocycles. The maximum Gasteiger partial charge on any atom is 0.219 e. The number of nitrogens with zero attached hydrogens (tertiary/aromatic N) is 3. The van der Waals surface area contributed by atoms with Crippen molar-refractivity contribution in [2.24, 2.45) is 11.8 Å². The van der Waals surface area contributed by atoms with Crippen molar-refractivity contribution in [3.63, 3.8) is 0 Å². The van der Waals surface area contributed by atoms with E-state index >= 15 is 0 Å². The first kappa shape index (κ1) is 16.7. The van der Waals surface area contributed by atoms with Gasteiger partial charge in [0.25, 0.3) is 0 Å². The van der Waals surface area contributed by atoms with Gasteiger partial charge in [0.15, 0.2) is 0 Å². The number of likely N-dealkylation sites (tertiary alicyclic amines) is 2. The van der Waals surface area contributed by atoms with Crippen molar-refractivity contribution in [3.05, 3.63) is 51.5 Å². The molecule has 4 nitrogen and oxygen atoms in total. The van der Waals surface area contributed by atoms with Gasteiger partial charge in [-0.25, -0.2) is 4.98 Å². The van der Waals surface area contributed by atoms with Crippen molar-refractivity contribution in [2.75, 3.05) is 19.6 Å². The lowest BCUT2D eigenvalue weighted by Crippen LogP contribution is -2.34. The van der Waals surface area contributed by atoms with E-state index in [0.717, 1.165) is 31.9 Å². The van der Waals surface area contributed by atoms with E-state index in [9.17, 15) is 4.79 Å². The third-order valence-electron chi connectivity index (χ3n) is 5.86. The molecule has 3 heterocycles. The minimum absolute atomic E-state index is 0.201. The highest BCUT2D eigenvalue weighted by atomic mass is 32.1. The number of benzene rings is 1. The summed E-state index contributed by atoms with van der Waals surface area (Å²) in [6, 6.07) is 8.76. The van der Waals surface area contributed by atoms with E-state index in [2.05, 4.69) is 52.9 Å². The molecule has 2 aliphatic heterocycles. The molecule has 132 valence electrons. The normalized spacial score (nSPS) is 26.2. The predicted molar refractivity (Wildman–Crippen MR) is 100 cm³/mol. The first-order chi connectivity index (χ1) is 12.0. The number of thiazole rings is 1.